The molecule has 0 saturated carbocycles. The normalized spacial score (nSPS) is 27.8. The van der Waals surface area contributed by atoms with Crippen molar-refractivity contribution in [1.29, 1.82) is 0 Å². The second-order valence-corrected chi connectivity index (χ2v) is 5.98. The Morgan fingerprint density at radius 2 is 2.07 bits per heavy atom. The van der Waals surface area contributed by atoms with Crippen LogP contribution >= 0.6 is 0 Å². The Bertz CT molecular complexity index is 324. The van der Waals surface area contributed by atoms with Crippen molar-refractivity contribution in [3.8, 4) is 0 Å². The first-order valence-electron chi connectivity index (χ1n) is 4.39. The van der Waals surface area contributed by atoms with E-state index in [1.165, 1.54) is 18.3 Å². The average Bonchev–Trinajstić information content (AvgIpc) is 2.45. The van der Waals surface area contributed by atoms with Gasteiger partial charge in [-0.05, 0) is 13.3 Å². The molecule has 0 aromatic carbocycles. The SMILES string of the molecule is COC(=O)N1CC(S(C)(=O)=O)CC1C. The van der Waals surface area contributed by atoms with Crippen molar-refractivity contribution in [1.82, 2.24) is 4.90 Å². The fourth-order valence-corrected chi connectivity index (χ4v) is 2.72. The molecule has 82 valence electrons. The number of amides is 1. The molecule has 0 aromatic heterocycles. The molecule has 2 atom stereocenters. The second-order valence-electron chi connectivity index (χ2n) is 3.66. The van der Waals surface area contributed by atoms with Gasteiger partial charge in [0.2, 0.25) is 0 Å². The molecular weight excluding hydrogens is 206 g/mol. The zero-order valence-corrected chi connectivity index (χ0v) is 9.37. The molecule has 5 nitrogen and oxygen atoms in total. The van der Waals surface area contributed by atoms with Crippen LogP contribution in [0.1, 0.15) is 13.3 Å². The molecule has 1 aliphatic rings. The summed E-state index contributed by atoms with van der Waals surface area (Å²) in [4.78, 5) is 12.7. The van der Waals surface area contributed by atoms with E-state index in [4.69, 9.17) is 0 Å². The summed E-state index contributed by atoms with van der Waals surface area (Å²) in [6, 6.07) is -0.0674. The Morgan fingerprint density at radius 3 is 2.43 bits per heavy atom. The number of hydrogen-bond acceptors (Lipinski definition) is 4. The van der Waals surface area contributed by atoms with E-state index in [2.05, 4.69) is 4.74 Å². The molecule has 1 aliphatic heterocycles. The van der Waals surface area contributed by atoms with Gasteiger partial charge in [-0.2, -0.15) is 0 Å². The predicted molar refractivity (Wildman–Crippen MR) is 51.8 cm³/mol. The topological polar surface area (TPSA) is 63.7 Å². The van der Waals surface area contributed by atoms with E-state index in [9.17, 15) is 13.2 Å². The van der Waals surface area contributed by atoms with Crippen LogP contribution in [0.3, 0.4) is 0 Å². The van der Waals surface area contributed by atoms with Crippen LogP contribution in [0.5, 0.6) is 0 Å². The first-order valence-corrected chi connectivity index (χ1v) is 6.35. The summed E-state index contributed by atoms with van der Waals surface area (Å²) in [5.74, 6) is 0. The minimum atomic E-state index is -3.06. The molecule has 0 N–H and O–H groups in total. The van der Waals surface area contributed by atoms with Crippen molar-refractivity contribution in [2.24, 2.45) is 0 Å². The lowest BCUT2D eigenvalue weighted by molar-refractivity contribution is 0.122. The van der Waals surface area contributed by atoms with Gasteiger partial charge in [-0.3, -0.25) is 0 Å². The summed E-state index contributed by atoms with van der Waals surface area (Å²) in [5.41, 5.74) is 0. The summed E-state index contributed by atoms with van der Waals surface area (Å²) in [6.07, 6.45) is 1.24. The summed E-state index contributed by atoms with van der Waals surface area (Å²) in [7, 11) is -1.77. The Labute approximate surface area is 83.9 Å². The van der Waals surface area contributed by atoms with Gasteiger partial charge in [0.15, 0.2) is 9.84 Å². The highest BCUT2D eigenvalue weighted by Crippen LogP contribution is 2.22. The monoisotopic (exact) mass is 221 g/mol. The van der Waals surface area contributed by atoms with Crippen LogP contribution in [0.25, 0.3) is 0 Å². The van der Waals surface area contributed by atoms with E-state index in [0.29, 0.717) is 6.42 Å². The molecule has 1 amide bonds. The zero-order valence-electron chi connectivity index (χ0n) is 8.56. The van der Waals surface area contributed by atoms with Gasteiger partial charge in [-0.1, -0.05) is 0 Å². The van der Waals surface area contributed by atoms with Gasteiger partial charge >= 0.3 is 6.09 Å². The van der Waals surface area contributed by atoms with Crippen molar-refractivity contribution in [2.75, 3.05) is 19.9 Å². The summed E-state index contributed by atoms with van der Waals surface area (Å²) in [6.45, 7) is 2.06. The van der Waals surface area contributed by atoms with Crippen LogP contribution in [0.2, 0.25) is 0 Å². The number of rotatable bonds is 1. The van der Waals surface area contributed by atoms with E-state index >= 15 is 0 Å². The highest BCUT2D eigenvalue weighted by Gasteiger charge is 2.37. The highest BCUT2D eigenvalue weighted by atomic mass is 32.2. The number of likely N-dealkylation sites (tertiary alicyclic amines) is 1. The molecule has 6 heteroatoms. The van der Waals surface area contributed by atoms with Crippen LogP contribution in [0.15, 0.2) is 0 Å². The number of methoxy groups -OCH3 is 1. The van der Waals surface area contributed by atoms with Crippen LogP contribution in [0, 0.1) is 0 Å². The molecular formula is C8H15NO4S. The largest absolute Gasteiger partial charge is 0.453 e. The van der Waals surface area contributed by atoms with Crippen LogP contribution in [-0.2, 0) is 14.6 Å². The van der Waals surface area contributed by atoms with Gasteiger partial charge < -0.3 is 9.64 Å². The van der Waals surface area contributed by atoms with Gasteiger partial charge in [-0.15, -0.1) is 0 Å². The lowest BCUT2D eigenvalue weighted by Gasteiger charge is -2.18. The minimum Gasteiger partial charge on any atom is -0.453 e. The van der Waals surface area contributed by atoms with E-state index in [-0.39, 0.29) is 12.6 Å². The third kappa shape index (κ3) is 2.17. The molecule has 2 unspecified atom stereocenters. The first kappa shape index (κ1) is 11.3. The average molecular weight is 221 g/mol. The van der Waals surface area contributed by atoms with Crippen molar-refractivity contribution in [2.45, 2.75) is 24.6 Å². The smallest absolute Gasteiger partial charge is 0.409 e. The number of carbonyl (C=O) groups is 1. The highest BCUT2D eigenvalue weighted by molar-refractivity contribution is 7.91. The maximum Gasteiger partial charge on any atom is 0.409 e. The van der Waals surface area contributed by atoms with Crippen molar-refractivity contribution in [3.05, 3.63) is 0 Å². The van der Waals surface area contributed by atoms with Crippen molar-refractivity contribution < 1.29 is 17.9 Å². The minimum absolute atomic E-state index is 0.0674. The third-order valence-electron chi connectivity index (χ3n) is 2.55. The van der Waals surface area contributed by atoms with Gasteiger partial charge in [0.1, 0.15) is 0 Å². The van der Waals surface area contributed by atoms with E-state index in [0.717, 1.165) is 0 Å². The van der Waals surface area contributed by atoms with Gasteiger partial charge in [0.05, 0.1) is 12.4 Å². The molecule has 14 heavy (non-hydrogen) atoms. The van der Waals surface area contributed by atoms with Gasteiger partial charge in [0, 0.05) is 18.8 Å². The van der Waals surface area contributed by atoms with Crippen molar-refractivity contribution >= 4 is 15.9 Å². The lowest BCUT2D eigenvalue weighted by Crippen LogP contribution is -2.34. The standard InChI is InChI=1S/C8H15NO4S/c1-6-4-7(14(3,11)12)5-9(6)8(10)13-2/h6-7H,4-5H2,1-3H3. The Balaban J connectivity index is 2.75. The summed E-state index contributed by atoms with van der Waals surface area (Å²) in [5, 5.41) is -0.448. The number of ether oxygens (including phenoxy) is 1. The number of nitrogens with zero attached hydrogens (tertiary/aromatic N) is 1. The molecule has 1 heterocycles. The number of sulfone groups is 1. The lowest BCUT2D eigenvalue weighted by atomic mass is 10.2. The Hall–Kier alpha value is -0.780. The number of hydrogen-bond donors (Lipinski definition) is 0. The Morgan fingerprint density at radius 1 is 1.50 bits per heavy atom. The maximum absolute atomic E-state index is 11.3. The molecule has 1 saturated heterocycles. The number of carbonyl (C=O) groups excluding carboxylic acids is 1. The van der Waals surface area contributed by atoms with Crippen molar-refractivity contribution in [3.63, 3.8) is 0 Å². The fourth-order valence-electron chi connectivity index (χ4n) is 1.66. The molecule has 0 bridgehead atoms. The second kappa shape index (κ2) is 3.76. The molecule has 1 rings (SSSR count). The van der Waals surface area contributed by atoms with Gasteiger partial charge in [-0.25, -0.2) is 13.2 Å². The fraction of sp³-hybridized carbons (Fsp3) is 0.875. The third-order valence-corrected chi connectivity index (χ3v) is 4.10. The van der Waals surface area contributed by atoms with Crippen LogP contribution in [0.4, 0.5) is 4.79 Å². The predicted octanol–water partition coefficient (Wildman–Crippen LogP) is 0.260. The molecule has 0 radical (unpaired) electrons. The molecule has 1 fully saturated rings. The maximum atomic E-state index is 11.3. The van der Waals surface area contributed by atoms with Crippen LogP contribution in [-0.4, -0.2) is 50.6 Å². The Kier molecular flexibility index (Phi) is 3.04. The summed E-state index contributed by atoms with van der Waals surface area (Å²) < 4.78 is 27.1. The van der Waals surface area contributed by atoms with Gasteiger partial charge in [0.25, 0.3) is 0 Å². The quantitative estimate of drug-likeness (QED) is 0.637. The molecule has 0 aliphatic carbocycles. The first-order chi connectivity index (χ1) is 6.36. The van der Waals surface area contributed by atoms with E-state index in [1.807, 2.05) is 6.92 Å². The molecule has 0 aromatic rings. The molecule has 0 spiro atoms. The van der Waals surface area contributed by atoms with Crippen LogP contribution < -0.4 is 0 Å². The summed E-state index contributed by atoms with van der Waals surface area (Å²) >= 11 is 0. The van der Waals surface area contributed by atoms with E-state index in [1.54, 1.807) is 0 Å². The zero-order chi connectivity index (χ0) is 10.9. The van der Waals surface area contributed by atoms with E-state index < -0.39 is 21.2 Å².